The summed E-state index contributed by atoms with van der Waals surface area (Å²) in [6.45, 7) is 2.09. The number of thiocarbonyl (C=S) groups is 1. The van der Waals surface area contributed by atoms with Crippen molar-refractivity contribution in [3.8, 4) is 0 Å². The molecule has 2 aliphatic rings. The first-order chi connectivity index (χ1) is 11.5. The molecule has 2 fully saturated rings. The van der Waals surface area contributed by atoms with Gasteiger partial charge in [-0.3, -0.25) is 0 Å². The SMILES string of the molecule is O=S1(=O)CC[C@H](N(C[C@H]2CCCO2)C(=S)NCc2ccccc2)C1. The maximum Gasteiger partial charge on any atom is 0.169 e. The van der Waals surface area contributed by atoms with Gasteiger partial charge in [-0.05, 0) is 37.0 Å². The molecule has 0 saturated carbocycles. The summed E-state index contributed by atoms with van der Waals surface area (Å²) >= 11 is 5.59. The van der Waals surface area contributed by atoms with E-state index < -0.39 is 9.84 Å². The Morgan fingerprint density at radius 2 is 2.08 bits per heavy atom. The van der Waals surface area contributed by atoms with Gasteiger partial charge in [0, 0.05) is 25.7 Å². The van der Waals surface area contributed by atoms with Gasteiger partial charge in [0.25, 0.3) is 0 Å². The molecule has 2 atom stereocenters. The normalized spacial score (nSPS) is 25.5. The Bertz CT molecular complexity index is 658. The lowest BCUT2D eigenvalue weighted by Crippen LogP contribution is -2.49. The van der Waals surface area contributed by atoms with Crippen molar-refractivity contribution in [2.24, 2.45) is 0 Å². The van der Waals surface area contributed by atoms with Crippen LogP contribution >= 0.6 is 12.2 Å². The maximum absolute atomic E-state index is 11.9. The summed E-state index contributed by atoms with van der Waals surface area (Å²) in [5.74, 6) is 0.438. The van der Waals surface area contributed by atoms with Crippen LogP contribution in [0.25, 0.3) is 0 Å². The van der Waals surface area contributed by atoms with Crippen LogP contribution < -0.4 is 5.32 Å². The van der Waals surface area contributed by atoms with E-state index in [-0.39, 0.29) is 23.7 Å². The molecule has 0 unspecified atom stereocenters. The van der Waals surface area contributed by atoms with Crippen molar-refractivity contribution in [1.29, 1.82) is 0 Å². The van der Waals surface area contributed by atoms with Crippen molar-refractivity contribution in [1.82, 2.24) is 10.2 Å². The molecule has 0 aliphatic carbocycles. The zero-order chi connectivity index (χ0) is 17.0. The number of ether oxygens (including phenoxy) is 1. The average molecular weight is 369 g/mol. The van der Waals surface area contributed by atoms with Gasteiger partial charge < -0.3 is 15.0 Å². The molecule has 0 aromatic heterocycles. The number of benzene rings is 1. The van der Waals surface area contributed by atoms with Gasteiger partial charge in [0.2, 0.25) is 0 Å². The zero-order valence-electron chi connectivity index (χ0n) is 13.7. The van der Waals surface area contributed by atoms with Crippen LogP contribution in [0, 0.1) is 0 Å². The highest BCUT2D eigenvalue weighted by atomic mass is 32.2. The average Bonchev–Trinajstić information content (AvgIpc) is 3.20. The van der Waals surface area contributed by atoms with Crippen LogP contribution in [-0.2, 0) is 21.1 Å². The summed E-state index contributed by atoms with van der Waals surface area (Å²) in [4.78, 5) is 2.04. The van der Waals surface area contributed by atoms with Crippen LogP contribution in [0.5, 0.6) is 0 Å². The second kappa shape index (κ2) is 7.80. The molecule has 2 aliphatic heterocycles. The molecule has 0 bridgehead atoms. The quantitative estimate of drug-likeness (QED) is 0.799. The molecule has 0 spiro atoms. The monoisotopic (exact) mass is 368 g/mol. The molecule has 5 nitrogen and oxygen atoms in total. The van der Waals surface area contributed by atoms with Crippen molar-refractivity contribution in [2.45, 2.75) is 38.0 Å². The van der Waals surface area contributed by atoms with E-state index in [4.69, 9.17) is 17.0 Å². The fourth-order valence-corrected chi connectivity index (χ4v) is 5.33. The molecule has 132 valence electrons. The molecule has 1 aromatic carbocycles. The highest BCUT2D eigenvalue weighted by molar-refractivity contribution is 7.91. The van der Waals surface area contributed by atoms with Crippen molar-refractivity contribution < 1.29 is 13.2 Å². The standard InChI is InChI=1S/C17H24N2O3S2/c20-24(21)10-8-15(13-24)19(12-16-7-4-9-22-16)17(23)18-11-14-5-2-1-3-6-14/h1-3,5-6,15-16H,4,7-13H2,(H,18,23)/t15-,16+/m0/s1. The second-order valence-corrected chi connectivity index (χ2v) is 9.10. The molecule has 3 rings (SSSR count). The van der Waals surface area contributed by atoms with Gasteiger partial charge in [0.05, 0.1) is 17.6 Å². The number of hydrogen-bond donors (Lipinski definition) is 1. The summed E-state index contributed by atoms with van der Waals surface area (Å²) in [5, 5.41) is 3.91. The predicted molar refractivity (Wildman–Crippen MR) is 98.6 cm³/mol. The minimum Gasteiger partial charge on any atom is -0.376 e. The van der Waals surface area contributed by atoms with Crippen LogP contribution in [0.4, 0.5) is 0 Å². The molecular formula is C17H24N2O3S2. The van der Waals surface area contributed by atoms with Gasteiger partial charge >= 0.3 is 0 Å². The van der Waals surface area contributed by atoms with Crippen LogP contribution in [0.15, 0.2) is 30.3 Å². The van der Waals surface area contributed by atoms with Gasteiger partial charge in [-0.2, -0.15) is 0 Å². The summed E-state index contributed by atoms with van der Waals surface area (Å²) in [7, 11) is -2.94. The minimum atomic E-state index is -2.94. The Labute approximate surface area is 149 Å². The molecule has 2 heterocycles. The predicted octanol–water partition coefficient (Wildman–Crippen LogP) is 1.73. The van der Waals surface area contributed by atoms with Crippen molar-refractivity contribution in [3.05, 3.63) is 35.9 Å². The largest absolute Gasteiger partial charge is 0.376 e. The lowest BCUT2D eigenvalue weighted by atomic mass is 10.2. The second-order valence-electron chi connectivity index (χ2n) is 6.49. The number of nitrogens with one attached hydrogen (secondary N) is 1. The Morgan fingerprint density at radius 1 is 1.29 bits per heavy atom. The third kappa shape index (κ3) is 4.68. The summed E-state index contributed by atoms with van der Waals surface area (Å²) in [6.07, 6.45) is 2.86. The lowest BCUT2D eigenvalue weighted by Gasteiger charge is -2.33. The molecule has 0 amide bonds. The molecule has 1 aromatic rings. The molecule has 2 saturated heterocycles. The van der Waals surface area contributed by atoms with Crippen molar-refractivity contribution in [3.63, 3.8) is 0 Å². The Morgan fingerprint density at radius 3 is 2.71 bits per heavy atom. The fraction of sp³-hybridized carbons (Fsp3) is 0.588. The lowest BCUT2D eigenvalue weighted by molar-refractivity contribution is 0.0841. The van der Waals surface area contributed by atoms with Gasteiger partial charge in [0.15, 0.2) is 14.9 Å². The molecule has 0 radical (unpaired) electrons. The van der Waals surface area contributed by atoms with Gasteiger partial charge in [-0.1, -0.05) is 30.3 Å². The van der Waals surface area contributed by atoms with Crippen LogP contribution in [0.3, 0.4) is 0 Å². The highest BCUT2D eigenvalue weighted by Crippen LogP contribution is 2.21. The third-order valence-electron chi connectivity index (χ3n) is 4.62. The van der Waals surface area contributed by atoms with Crippen molar-refractivity contribution >= 4 is 27.2 Å². The minimum absolute atomic E-state index is 0.0463. The van der Waals surface area contributed by atoms with E-state index in [1.54, 1.807) is 0 Å². The molecular weight excluding hydrogens is 344 g/mol. The zero-order valence-corrected chi connectivity index (χ0v) is 15.3. The summed E-state index contributed by atoms with van der Waals surface area (Å²) < 4.78 is 29.5. The van der Waals surface area contributed by atoms with E-state index in [2.05, 4.69) is 5.32 Å². The van der Waals surface area contributed by atoms with Crippen molar-refractivity contribution in [2.75, 3.05) is 24.7 Å². The Balaban J connectivity index is 1.64. The highest BCUT2D eigenvalue weighted by Gasteiger charge is 2.35. The van der Waals surface area contributed by atoms with Gasteiger partial charge in [0.1, 0.15) is 0 Å². The maximum atomic E-state index is 11.9. The Kier molecular flexibility index (Phi) is 5.73. The van der Waals surface area contributed by atoms with Gasteiger partial charge in [-0.15, -0.1) is 0 Å². The van der Waals surface area contributed by atoms with Gasteiger partial charge in [-0.25, -0.2) is 8.42 Å². The first-order valence-electron chi connectivity index (χ1n) is 8.44. The fourth-order valence-electron chi connectivity index (χ4n) is 3.30. The smallest absolute Gasteiger partial charge is 0.169 e. The summed E-state index contributed by atoms with van der Waals surface area (Å²) in [6, 6.07) is 10.0. The summed E-state index contributed by atoms with van der Waals surface area (Å²) in [5.41, 5.74) is 1.15. The van der Waals surface area contributed by atoms with E-state index in [1.807, 2.05) is 35.2 Å². The number of rotatable bonds is 5. The Hall–Kier alpha value is -1.18. The van der Waals surface area contributed by atoms with Crippen LogP contribution in [0.1, 0.15) is 24.8 Å². The van der Waals surface area contributed by atoms with E-state index in [9.17, 15) is 8.42 Å². The molecule has 1 N–H and O–H groups in total. The van der Waals surface area contributed by atoms with E-state index in [0.717, 1.165) is 25.0 Å². The number of sulfone groups is 1. The van der Waals surface area contributed by atoms with Crippen LogP contribution in [0.2, 0.25) is 0 Å². The first-order valence-corrected chi connectivity index (χ1v) is 10.7. The molecule has 7 heteroatoms. The molecule has 24 heavy (non-hydrogen) atoms. The van der Waals surface area contributed by atoms with E-state index >= 15 is 0 Å². The number of hydrogen-bond acceptors (Lipinski definition) is 4. The van der Waals surface area contributed by atoms with E-state index in [1.165, 1.54) is 0 Å². The first kappa shape index (κ1) is 17.6. The van der Waals surface area contributed by atoms with E-state index in [0.29, 0.717) is 24.6 Å². The van der Waals surface area contributed by atoms with Crippen LogP contribution in [-0.4, -0.2) is 55.2 Å². The third-order valence-corrected chi connectivity index (χ3v) is 6.75. The number of nitrogens with zero attached hydrogens (tertiary/aromatic N) is 1. The topological polar surface area (TPSA) is 58.6 Å².